The predicted molar refractivity (Wildman–Crippen MR) is 74.5 cm³/mol. The Bertz CT molecular complexity index is 481. The van der Waals surface area contributed by atoms with Crippen molar-refractivity contribution < 1.29 is 9.53 Å². The van der Waals surface area contributed by atoms with Crippen LogP contribution in [0.25, 0.3) is 0 Å². The third-order valence-electron chi connectivity index (χ3n) is 4.12. The molecule has 19 heavy (non-hydrogen) atoms. The highest BCUT2D eigenvalue weighted by atomic mass is 16.5. The number of ether oxygens (including phenoxy) is 1. The van der Waals surface area contributed by atoms with E-state index in [0.717, 1.165) is 35.7 Å². The molecule has 1 atom stereocenters. The number of hydrogen-bond donors (Lipinski definition) is 1. The summed E-state index contributed by atoms with van der Waals surface area (Å²) >= 11 is 0. The molecule has 4 nitrogen and oxygen atoms in total. The van der Waals surface area contributed by atoms with Gasteiger partial charge < -0.3 is 10.1 Å². The number of rotatable bonds is 5. The molecule has 2 rings (SSSR count). The van der Waals surface area contributed by atoms with E-state index in [0.29, 0.717) is 12.3 Å². The van der Waals surface area contributed by atoms with Crippen molar-refractivity contribution in [3.05, 3.63) is 23.0 Å². The molecule has 0 amide bonds. The summed E-state index contributed by atoms with van der Waals surface area (Å²) in [5.74, 6) is 1.71. The fourth-order valence-electron chi connectivity index (χ4n) is 2.50. The molecule has 104 valence electrons. The maximum atomic E-state index is 12.3. The quantitative estimate of drug-likeness (QED) is 0.877. The number of nitrogens with one attached hydrogen (secondary N) is 1. The van der Waals surface area contributed by atoms with Crippen molar-refractivity contribution in [2.45, 2.75) is 27.2 Å². The topological polar surface area (TPSA) is 51.2 Å². The summed E-state index contributed by atoms with van der Waals surface area (Å²) in [7, 11) is 1.66. The smallest absolute Gasteiger partial charge is 0.142 e. The number of carbonyl (C=O) groups is 1. The second-order valence-corrected chi connectivity index (χ2v) is 5.40. The molecule has 0 saturated carbocycles. The zero-order valence-corrected chi connectivity index (χ0v) is 12.1. The lowest BCUT2D eigenvalue weighted by atomic mass is 9.84. The first-order chi connectivity index (χ1) is 9.04. The summed E-state index contributed by atoms with van der Waals surface area (Å²) in [6.07, 6.45) is 2.18. The molecule has 1 fully saturated rings. The zero-order valence-electron chi connectivity index (χ0n) is 12.1. The average molecular weight is 262 g/mol. The number of carbonyl (C=O) groups excluding carboxylic acids is 1. The molecule has 1 N–H and O–H groups in total. The lowest BCUT2D eigenvalue weighted by Crippen LogP contribution is -2.47. The molecule has 1 saturated heterocycles. The fraction of sp³-hybridized carbons (Fsp3) is 0.600. The first kappa shape index (κ1) is 14.0. The van der Waals surface area contributed by atoms with E-state index in [-0.39, 0.29) is 11.7 Å². The number of Topliss-reactive ketones (excluding diaryl/α,β-unsaturated/α-hetero) is 1. The van der Waals surface area contributed by atoms with Crippen LogP contribution in [0.3, 0.4) is 0 Å². The maximum Gasteiger partial charge on any atom is 0.142 e. The number of nitrogens with zero attached hydrogens (tertiary/aromatic N) is 1. The number of pyridine rings is 1. The van der Waals surface area contributed by atoms with E-state index >= 15 is 0 Å². The zero-order chi connectivity index (χ0) is 14.0. The van der Waals surface area contributed by atoms with Crippen LogP contribution < -0.4 is 10.1 Å². The summed E-state index contributed by atoms with van der Waals surface area (Å²) in [6, 6.07) is 0. The summed E-state index contributed by atoms with van der Waals surface area (Å²) in [4.78, 5) is 16.7. The van der Waals surface area contributed by atoms with Crippen LogP contribution in [-0.2, 0) is 11.2 Å². The van der Waals surface area contributed by atoms with E-state index in [1.54, 1.807) is 13.3 Å². The predicted octanol–water partition coefficient (Wildman–Crippen LogP) is 1.67. The van der Waals surface area contributed by atoms with Crippen LogP contribution in [-0.4, -0.2) is 31.0 Å². The van der Waals surface area contributed by atoms with Gasteiger partial charge in [-0.3, -0.25) is 9.78 Å². The number of aryl methyl sites for hydroxylation is 1. The largest absolute Gasteiger partial charge is 0.496 e. The van der Waals surface area contributed by atoms with Gasteiger partial charge in [0, 0.05) is 29.7 Å². The van der Waals surface area contributed by atoms with Gasteiger partial charge >= 0.3 is 0 Å². The van der Waals surface area contributed by atoms with E-state index < -0.39 is 0 Å². The van der Waals surface area contributed by atoms with Crippen molar-refractivity contribution in [1.29, 1.82) is 0 Å². The average Bonchev–Trinajstić information content (AvgIpc) is 2.31. The van der Waals surface area contributed by atoms with Gasteiger partial charge in [-0.1, -0.05) is 6.92 Å². The molecule has 0 bridgehead atoms. The molecule has 1 aromatic rings. The van der Waals surface area contributed by atoms with Crippen LogP contribution in [0.1, 0.15) is 23.7 Å². The van der Waals surface area contributed by atoms with Crippen LogP contribution in [0, 0.1) is 25.7 Å². The Morgan fingerprint density at radius 2 is 2.21 bits per heavy atom. The number of methoxy groups -OCH3 is 1. The van der Waals surface area contributed by atoms with E-state index in [1.807, 2.05) is 20.8 Å². The van der Waals surface area contributed by atoms with Crippen molar-refractivity contribution in [2.24, 2.45) is 11.8 Å². The minimum atomic E-state index is 0.106. The minimum Gasteiger partial charge on any atom is -0.496 e. The van der Waals surface area contributed by atoms with Crippen LogP contribution in [0.15, 0.2) is 6.20 Å². The summed E-state index contributed by atoms with van der Waals surface area (Å²) in [5, 5.41) is 3.21. The van der Waals surface area contributed by atoms with Gasteiger partial charge in [0.05, 0.1) is 12.8 Å². The molecule has 4 heteroatoms. The molecule has 1 aliphatic rings. The summed E-state index contributed by atoms with van der Waals surface area (Å²) < 4.78 is 5.38. The van der Waals surface area contributed by atoms with Gasteiger partial charge in [0.15, 0.2) is 0 Å². The van der Waals surface area contributed by atoms with Gasteiger partial charge in [-0.15, -0.1) is 0 Å². The third kappa shape index (κ3) is 2.78. The summed E-state index contributed by atoms with van der Waals surface area (Å²) in [5.41, 5.74) is 2.83. The number of ketones is 1. The van der Waals surface area contributed by atoms with Crippen molar-refractivity contribution in [2.75, 3.05) is 20.2 Å². The van der Waals surface area contributed by atoms with Gasteiger partial charge in [0.2, 0.25) is 0 Å². The standard InChI is InChI=1S/C15H22N2O2/c1-9-6-17-13(11(3)15(9)19-4)5-14(18)10(2)12-7-16-8-12/h6,10,12,16H,5,7-8H2,1-4H3. The van der Waals surface area contributed by atoms with E-state index in [4.69, 9.17) is 4.74 Å². The molecule has 0 spiro atoms. The molecule has 0 aliphatic carbocycles. The minimum absolute atomic E-state index is 0.106. The Balaban J connectivity index is 2.12. The lowest BCUT2D eigenvalue weighted by Gasteiger charge is -2.31. The Morgan fingerprint density at radius 1 is 1.53 bits per heavy atom. The molecule has 1 aromatic heterocycles. The van der Waals surface area contributed by atoms with Crippen LogP contribution in [0.2, 0.25) is 0 Å². The Morgan fingerprint density at radius 3 is 2.74 bits per heavy atom. The summed E-state index contributed by atoms with van der Waals surface area (Å²) in [6.45, 7) is 7.87. The molecule has 2 heterocycles. The second-order valence-electron chi connectivity index (χ2n) is 5.40. The first-order valence-corrected chi connectivity index (χ1v) is 6.77. The Hall–Kier alpha value is -1.42. The van der Waals surface area contributed by atoms with Gasteiger partial charge in [0.25, 0.3) is 0 Å². The molecule has 0 radical (unpaired) electrons. The fourth-order valence-corrected chi connectivity index (χ4v) is 2.50. The van der Waals surface area contributed by atoms with Gasteiger partial charge in [-0.25, -0.2) is 0 Å². The van der Waals surface area contributed by atoms with Gasteiger partial charge in [-0.2, -0.15) is 0 Å². The van der Waals surface area contributed by atoms with Gasteiger partial charge in [0.1, 0.15) is 11.5 Å². The van der Waals surface area contributed by atoms with Crippen LogP contribution in [0.4, 0.5) is 0 Å². The monoisotopic (exact) mass is 262 g/mol. The highest BCUT2D eigenvalue weighted by Crippen LogP contribution is 2.26. The van der Waals surface area contributed by atoms with E-state index in [1.165, 1.54) is 0 Å². The maximum absolute atomic E-state index is 12.3. The second kappa shape index (κ2) is 5.70. The number of aromatic nitrogens is 1. The first-order valence-electron chi connectivity index (χ1n) is 6.77. The van der Waals surface area contributed by atoms with Crippen LogP contribution in [0.5, 0.6) is 5.75 Å². The molecule has 0 aromatic carbocycles. The highest BCUT2D eigenvalue weighted by Gasteiger charge is 2.29. The van der Waals surface area contributed by atoms with Crippen LogP contribution >= 0.6 is 0 Å². The Labute approximate surface area is 114 Å². The highest BCUT2D eigenvalue weighted by molar-refractivity contribution is 5.83. The van der Waals surface area contributed by atoms with Crippen molar-refractivity contribution in [3.63, 3.8) is 0 Å². The molecule has 1 unspecified atom stereocenters. The normalized spacial score (nSPS) is 16.8. The Kier molecular flexibility index (Phi) is 4.20. The molecule has 1 aliphatic heterocycles. The van der Waals surface area contributed by atoms with E-state index in [9.17, 15) is 4.79 Å². The SMILES string of the molecule is COc1c(C)cnc(CC(=O)C(C)C2CNC2)c1C. The number of hydrogen-bond acceptors (Lipinski definition) is 4. The van der Waals surface area contributed by atoms with Crippen molar-refractivity contribution >= 4 is 5.78 Å². The van der Waals surface area contributed by atoms with E-state index in [2.05, 4.69) is 10.3 Å². The van der Waals surface area contributed by atoms with Crippen molar-refractivity contribution in [1.82, 2.24) is 10.3 Å². The third-order valence-corrected chi connectivity index (χ3v) is 4.12. The van der Waals surface area contributed by atoms with Gasteiger partial charge in [-0.05, 0) is 32.9 Å². The molecular formula is C15H22N2O2. The lowest BCUT2D eigenvalue weighted by molar-refractivity contribution is -0.123. The van der Waals surface area contributed by atoms with Crippen molar-refractivity contribution in [3.8, 4) is 5.75 Å². The molecular weight excluding hydrogens is 240 g/mol.